The van der Waals surface area contributed by atoms with Crippen molar-refractivity contribution in [3.8, 4) is 0 Å². The number of nitrogens with zero attached hydrogens (tertiary/aromatic N) is 2. The molecule has 126 valence electrons. The minimum absolute atomic E-state index is 0.0561. The van der Waals surface area contributed by atoms with Crippen LogP contribution in [0, 0.1) is 10.1 Å². The largest absolute Gasteiger partial charge is 0.444 e. The molecular formula is C17H12BrN3O4. The van der Waals surface area contributed by atoms with Gasteiger partial charge in [0.1, 0.15) is 18.5 Å². The van der Waals surface area contributed by atoms with E-state index in [0.717, 1.165) is 16.2 Å². The van der Waals surface area contributed by atoms with Crippen LogP contribution >= 0.6 is 15.9 Å². The smallest absolute Gasteiger partial charge is 0.412 e. The van der Waals surface area contributed by atoms with Crippen LogP contribution in [-0.2, 0) is 11.3 Å². The van der Waals surface area contributed by atoms with Gasteiger partial charge in [0.05, 0.1) is 10.4 Å². The van der Waals surface area contributed by atoms with Gasteiger partial charge in [0.15, 0.2) is 0 Å². The van der Waals surface area contributed by atoms with Crippen LogP contribution in [0.3, 0.4) is 0 Å². The quantitative estimate of drug-likeness (QED) is 0.506. The predicted molar refractivity (Wildman–Crippen MR) is 96.3 cm³/mol. The van der Waals surface area contributed by atoms with E-state index in [1.54, 1.807) is 18.2 Å². The molecule has 0 radical (unpaired) electrons. The first-order valence-electron chi connectivity index (χ1n) is 7.25. The lowest BCUT2D eigenvalue weighted by Gasteiger charge is -2.10. The van der Waals surface area contributed by atoms with E-state index in [0.29, 0.717) is 10.9 Å². The number of rotatable bonds is 4. The normalized spacial score (nSPS) is 10.4. The van der Waals surface area contributed by atoms with E-state index in [-0.39, 0.29) is 18.0 Å². The first-order chi connectivity index (χ1) is 12.0. The molecule has 0 bridgehead atoms. The summed E-state index contributed by atoms with van der Waals surface area (Å²) in [4.78, 5) is 26.8. The number of benzene rings is 2. The Morgan fingerprint density at radius 3 is 2.72 bits per heavy atom. The minimum atomic E-state index is -0.776. The second-order valence-corrected chi connectivity index (χ2v) is 6.04. The number of ether oxygens (including phenoxy) is 1. The van der Waals surface area contributed by atoms with Crippen molar-refractivity contribution in [2.75, 3.05) is 5.32 Å². The Kier molecular flexibility index (Phi) is 4.90. The summed E-state index contributed by atoms with van der Waals surface area (Å²) < 4.78 is 5.91. The van der Waals surface area contributed by atoms with Gasteiger partial charge in [-0.05, 0) is 23.8 Å². The minimum Gasteiger partial charge on any atom is -0.444 e. The summed E-state index contributed by atoms with van der Waals surface area (Å²) in [5.74, 6) is 0. The van der Waals surface area contributed by atoms with Gasteiger partial charge in [0.25, 0.3) is 0 Å². The molecule has 0 unspecified atom stereocenters. The summed E-state index contributed by atoms with van der Waals surface area (Å²) in [6.07, 6.45) is 0.337. The van der Waals surface area contributed by atoms with Gasteiger partial charge in [-0.25, -0.2) is 9.78 Å². The van der Waals surface area contributed by atoms with Gasteiger partial charge >= 0.3 is 11.8 Å². The van der Waals surface area contributed by atoms with Gasteiger partial charge < -0.3 is 4.74 Å². The Balaban J connectivity index is 1.87. The van der Waals surface area contributed by atoms with Gasteiger partial charge in [0, 0.05) is 9.86 Å². The first-order valence-corrected chi connectivity index (χ1v) is 8.04. The standard InChI is InChI=1S/C17H12BrN3O4/c18-12-6-7-13-14(8-12)19-9-15(21(23)24)16(13)20-17(22)25-10-11-4-2-1-3-5-11/h1-9H,10H2,(H,19,20,22). The fraction of sp³-hybridized carbons (Fsp3) is 0.0588. The average Bonchev–Trinajstić information content (AvgIpc) is 2.60. The molecule has 0 aliphatic carbocycles. The molecule has 1 heterocycles. The average molecular weight is 402 g/mol. The van der Waals surface area contributed by atoms with Gasteiger partial charge in [0.2, 0.25) is 0 Å². The Labute approximate surface area is 150 Å². The lowest BCUT2D eigenvalue weighted by molar-refractivity contribution is -0.384. The third-order valence-electron chi connectivity index (χ3n) is 3.45. The van der Waals surface area contributed by atoms with Gasteiger partial charge in [-0.1, -0.05) is 46.3 Å². The number of aromatic nitrogens is 1. The van der Waals surface area contributed by atoms with Crippen molar-refractivity contribution in [3.63, 3.8) is 0 Å². The van der Waals surface area contributed by atoms with Crippen molar-refractivity contribution in [1.29, 1.82) is 0 Å². The van der Waals surface area contributed by atoms with Crippen LogP contribution in [0.4, 0.5) is 16.2 Å². The lowest BCUT2D eigenvalue weighted by Crippen LogP contribution is -2.15. The van der Waals surface area contributed by atoms with E-state index in [1.165, 1.54) is 0 Å². The number of hydrogen-bond donors (Lipinski definition) is 1. The van der Waals surface area contributed by atoms with E-state index in [2.05, 4.69) is 26.2 Å². The van der Waals surface area contributed by atoms with Crippen LogP contribution in [-0.4, -0.2) is 16.0 Å². The molecule has 3 rings (SSSR count). The molecule has 1 amide bonds. The molecule has 25 heavy (non-hydrogen) atoms. The molecule has 8 heteroatoms. The number of carbonyl (C=O) groups is 1. The topological polar surface area (TPSA) is 94.4 Å². The molecule has 0 aliphatic rings. The third kappa shape index (κ3) is 3.92. The molecule has 2 aromatic carbocycles. The lowest BCUT2D eigenvalue weighted by atomic mass is 10.1. The van der Waals surface area contributed by atoms with Crippen molar-refractivity contribution >= 4 is 44.3 Å². The van der Waals surface area contributed by atoms with Crippen LogP contribution in [0.1, 0.15) is 5.56 Å². The second-order valence-electron chi connectivity index (χ2n) is 5.12. The maximum Gasteiger partial charge on any atom is 0.412 e. The molecule has 7 nitrogen and oxygen atoms in total. The number of fused-ring (bicyclic) bond motifs is 1. The Morgan fingerprint density at radius 1 is 1.24 bits per heavy atom. The van der Waals surface area contributed by atoms with Crippen LogP contribution in [0.15, 0.2) is 59.2 Å². The van der Waals surface area contributed by atoms with Gasteiger partial charge in [-0.15, -0.1) is 0 Å². The number of pyridine rings is 1. The van der Waals surface area contributed by atoms with Crippen LogP contribution in [0.25, 0.3) is 10.9 Å². The summed E-state index contributed by atoms with van der Waals surface area (Å²) in [5.41, 5.74) is 1.08. The SMILES string of the molecule is O=C(Nc1c([N+](=O)[O-])cnc2cc(Br)ccc12)OCc1ccccc1. The molecule has 0 saturated carbocycles. The van der Waals surface area contributed by atoms with Gasteiger partial charge in [-0.3, -0.25) is 15.4 Å². The number of nitro groups is 1. The number of amides is 1. The highest BCUT2D eigenvalue weighted by Gasteiger charge is 2.20. The summed E-state index contributed by atoms with van der Waals surface area (Å²) in [5, 5.41) is 14.2. The number of nitrogens with one attached hydrogen (secondary N) is 1. The number of anilines is 1. The highest BCUT2D eigenvalue weighted by molar-refractivity contribution is 9.10. The van der Waals surface area contributed by atoms with E-state index < -0.39 is 11.0 Å². The zero-order valence-corrected chi connectivity index (χ0v) is 14.4. The van der Waals surface area contributed by atoms with Crippen LogP contribution < -0.4 is 5.32 Å². The third-order valence-corrected chi connectivity index (χ3v) is 3.94. The number of carbonyl (C=O) groups excluding carboxylic acids is 1. The van der Waals surface area contributed by atoms with E-state index in [9.17, 15) is 14.9 Å². The van der Waals surface area contributed by atoms with Crippen molar-refractivity contribution in [3.05, 3.63) is 74.9 Å². The molecule has 0 saturated heterocycles. The highest BCUT2D eigenvalue weighted by Crippen LogP contribution is 2.32. The fourth-order valence-electron chi connectivity index (χ4n) is 2.29. The summed E-state index contributed by atoms with van der Waals surface area (Å²) in [6, 6.07) is 14.2. The van der Waals surface area contributed by atoms with Crippen molar-refractivity contribution in [2.45, 2.75) is 6.61 Å². The zero-order chi connectivity index (χ0) is 17.8. The van der Waals surface area contributed by atoms with Crippen LogP contribution in [0.2, 0.25) is 0 Å². The monoisotopic (exact) mass is 401 g/mol. The Hall–Kier alpha value is -3.00. The Bertz CT molecular complexity index is 947. The molecule has 0 aliphatic heterocycles. The number of halogens is 1. The van der Waals surface area contributed by atoms with E-state index >= 15 is 0 Å². The highest BCUT2D eigenvalue weighted by atomic mass is 79.9. The maximum absolute atomic E-state index is 12.1. The first kappa shape index (κ1) is 16.8. The Morgan fingerprint density at radius 2 is 2.00 bits per heavy atom. The molecule has 0 atom stereocenters. The van der Waals surface area contributed by atoms with Gasteiger partial charge in [-0.2, -0.15) is 0 Å². The van der Waals surface area contributed by atoms with Crippen LogP contribution in [0.5, 0.6) is 0 Å². The summed E-state index contributed by atoms with van der Waals surface area (Å²) >= 11 is 3.32. The molecule has 0 spiro atoms. The molecule has 1 aromatic heterocycles. The van der Waals surface area contributed by atoms with E-state index in [1.807, 2.05) is 30.3 Å². The fourth-order valence-corrected chi connectivity index (χ4v) is 2.64. The number of hydrogen-bond acceptors (Lipinski definition) is 5. The van der Waals surface area contributed by atoms with E-state index in [4.69, 9.17) is 4.74 Å². The predicted octanol–water partition coefficient (Wildman–Crippen LogP) is 4.65. The second kappa shape index (κ2) is 7.27. The molecule has 3 aromatic rings. The molecule has 1 N–H and O–H groups in total. The molecule has 0 fully saturated rings. The zero-order valence-electron chi connectivity index (χ0n) is 12.8. The maximum atomic E-state index is 12.1. The van der Waals surface area contributed by atoms with Crippen molar-refractivity contribution in [2.24, 2.45) is 0 Å². The molecular weight excluding hydrogens is 390 g/mol. The summed E-state index contributed by atoms with van der Waals surface area (Å²) in [6.45, 7) is 0.0645. The van der Waals surface area contributed by atoms with Crippen molar-refractivity contribution < 1.29 is 14.5 Å². The summed E-state index contributed by atoms with van der Waals surface area (Å²) in [7, 11) is 0. The van der Waals surface area contributed by atoms with Crippen molar-refractivity contribution in [1.82, 2.24) is 4.98 Å².